The number of rotatable bonds is 7. The first-order chi connectivity index (χ1) is 14.6. The molecule has 0 spiro atoms. The van der Waals surface area contributed by atoms with Gasteiger partial charge in [-0.3, -0.25) is 9.59 Å². The van der Waals surface area contributed by atoms with Crippen molar-refractivity contribution in [1.29, 1.82) is 0 Å². The topological polar surface area (TPSA) is 94.1 Å². The van der Waals surface area contributed by atoms with Gasteiger partial charge in [-0.1, -0.05) is 52.8 Å². The van der Waals surface area contributed by atoms with Crippen LogP contribution in [0.3, 0.4) is 0 Å². The van der Waals surface area contributed by atoms with E-state index in [2.05, 4.69) is 15.5 Å². The highest BCUT2D eigenvalue weighted by atomic mass is 16.5. The molecule has 2 aromatic heterocycles. The van der Waals surface area contributed by atoms with Gasteiger partial charge >= 0.3 is 0 Å². The largest absolute Gasteiger partial charge is 0.361 e. The van der Waals surface area contributed by atoms with Crippen LogP contribution in [0.2, 0.25) is 0 Å². The molecule has 0 saturated heterocycles. The summed E-state index contributed by atoms with van der Waals surface area (Å²) in [5, 5.41) is 12.4. The number of aromatic nitrogens is 4. The third-order valence-corrected chi connectivity index (χ3v) is 4.89. The monoisotopic (exact) mass is 403 g/mol. The normalized spacial score (nSPS) is 11.0. The summed E-state index contributed by atoms with van der Waals surface area (Å²) < 4.78 is 6.50. The summed E-state index contributed by atoms with van der Waals surface area (Å²) in [6.45, 7) is 0.379. The van der Waals surface area contributed by atoms with Gasteiger partial charge in [0.2, 0.25) is 5.91 Å². The molecule has 2 heterocycles. The van der Waals surface area contributed by atoms with E-state index >= 15 is 0 Å². The number of hydrogen-bond donors (Lipinski definition) is 0. The van der Waals surface area contributed by atoms with Crippen LogP contribution in [0.1, 0.15) is 12.2 Å². The summed E-state index contributed by atoms with van der Waals surface area (Å²) in [5.41, 5.74) is 1.99. The van der Waals surface area contributed by atoms with Crippen molar-refractivity contribution < 1.29 is 9.32 Å². The smallest absolute Gasteiger partial charge is 0.278 e. The molecule has 4 rings (SSSR count). The Morgan fingerprint density at radius 2 is 1.87 bits per heavy atom. The second kappa shape index (κ2) is 8.69. The first-order valence-corrected chi connectivity index (χ1v) is 9.69. The summed E-state index contributed by atoms with van der Waals surface area (Å²) in [7, 11) is 1.71. The molecule has 0 N–H and O–H groups in total. The third-order valence-electron chi connectivity index (χ3n) is 4.89. The molecule has 0 unspecified atom stereocenters. The van der Waals surface area contributed by atoms with Gasteiger partial charge in [-0.2, -0.15) is 0 Å². The van der Waals surface area contributed by atoms with Crippen molar-refractivity contribution in [3.63, 3.8) is 0 Å². The van der Waals surface area contributed by atoms with E-state index in [4.69, 9.17) is 4.52 Å². The molecule has 0 aliphatic heterocycles. The Morgan fingerprint density at radius 1 is 1.10 bits per heavy atom. The number of fused-ring (bicyclic) bond motifs is 1. The third kappa shape index (κ3) is 4.27. The number of carbonyl (C=O) groups excluding carboxylic acids is 1. The van der Waals surface area contributed by atoms with Crippen molar-refractivity contribution in [2.24, 2.45) is 0 Å². The maximum absolute atomic E-state index is 12.5. The lowest BCUT2D eigenvalue weighted by molar-refractivity contribution is -0.130. The van der Waals surface area contributed by atoms with Gasteiger partial charge in [-0.05, 0) is 18.6 Å². The van der Waals surface area contributed by atoms with Gasteiger partial charge in [0.25, 0.3) is 5.56 Å². The number of benzene rings is 2. The molecular weight excluding hydrogens is 382 g/mol. The summed E-state index contributed by atoms with van der Waals surface area (Å²) in [5.74, 6) is 0.565. The minimum atomic E-state index is -0.322. The van der Waals surface area contributed by atoms with Crippen LogP contribution >= 0.6 is 0 Å². The maximum Gasteiger partial charge on any atom is 0.278 e. The van der Waals surface area contributed by atoms with Gasteiger partial charge in [0.1, 0.15) is 23.5 Å². The van der Waals surface area contributed by atoms with Gasteiger partial charge in [0.15, 0.2) is 0 Å². The van der Waals surface area contributed by atoms with Crippen LogP contribution in [0, 0.1) is 0 Å². The predicted octanol–water partition coefficient (Wildman–Crippen LogP) is 2.54. The molecule has 8 nitrogen and oxygen atoms in total. The molecule has 0 aliphatic rings. The van der Waals surface area contributed by atoms with Crippen molar-refractivity contribution in [2.45, 2.75) is 19.4 Å². The zero-order valence-electron chi connectivity index (χ0n) is 16.6. The zero-order chi connectivity index (χ0) is 20.9. The summed E-state index contributed by atoms with van der Waals surface area (Å²) in [4.78, 5) is 26.6. The van der Waals surface area contributed by atoms with Crippen molar-refractivity contribution >= 4 is 16.8 Å². The van der Waals surface area contributed by atoms with Crippen LogP contribution in [0.4, 0.5) is 0 Å². The maximum atomic E-state index is 12.5. The van der Waals surface area contributed by atoms with Gasteiger partial charge in [-0.15, -0.1) is 5.10 Å². The van der Waals surface area contributed by atoms with Gasteiger partial charge in [-0.25, -0.2) is 4.68 Å². The molecule has 0 fully saturated rings. The molecule has 30 heavy (non-hydrogen) atoms. The van der Waals surface area contributed by atoms with Crippen LogP contribution < -0.4 is 5.56 Å². The Balaban J connectivity index is 1.32. The van der Waals surface area contributed by atoms with Crippen molar-refractivity contribution in [2.75, 3.05) is 13.6 Å². The standard InChI is InChI=1S/C22H21N5O3/c1-26(13-7-10-17-14-20(24-30-17)16-8-3-2-4-9-16)21(28)15-27-22(29)18-11-5-6-12-19(18)23-25-27/h2-6,8-9,11-12,14H,7,10,13,15H2,1H3. The highest BCUT2D eigenvalue weighted by molar-refractivity contribution is 5.78. The lowest BCUT2D eigenvalue weighted by Crippen LogP contribution is -2.36. The average Bonchev–Trinajstić information content (AvgIpc) is 3.25. The molecule has 1 amide bonds. The van der Waals surface area contributed by atoms with E-state index in [-0.39, 0.29) is 18.0 Å². The quantitative estimate of drug-likeness (QED) is 0.471. The number of likely N-dealkylation sites (N-methyl/N-ethyl adjacent to an activating group) is 1. The lowest BCUT2D eigenvalue weighted by atomic mass is 10.1. The molecule has 0 aliphatic carbocycles. The van der Waals surface area contributed by atoms with E-state index in [0.29, 0.717) is 30.3 Å². The number of amides is 1. The Labute approximate surface area is 172 Å². The SMILES string of the molecule is CN(CCCc1cc(-c2ccccc2)no1)C(=O)Cn1nnc2ccccc2c1=O. The zero-order valence-corrected chi connectivity index (χ0v) is 16.6. The molecule has 8 heteroatoms. The van der Waals surface area contributed by atoms with E-state index in [9.17, 15) is 9.59 Å². The van der Waals surface area contributed by atoms with Crippen LogP contribution in [0.15, 0.2) is 70.0 Å². The fraction of sp³-hybridized carbons (Fsp3) is 0.227. The fourth-order valence-electron chi connectivity index (χ4n) is 3.17. The number of hydrogen-bond acceptors (Lipinski definition) is 6. The minimum Gasteiger partial charge on any atom is -0.361 e. The number of carbonyl (C=O) groups is 1. The molecular formula is C22H21N5O3. The van der Waals surface area contributed by atoms with Gasteiger partial charge in [0.05, 0.1) is 5.39 Å². The van der Waals surface area contributed by atoms with Crippen LogP contribution in [-0.2, 0) is 17.8 Å². The van der Waals surface area contributed by atoms with Crippen LogP contribution in [0.25, 0.3) is 22.2 Å². The molecule has 4 aromatic rings. The minimum absolute atomic E-state index is 0.145. The molecule has 152 valence electrons. The van der Waals surface area contributed by atoms with E-state index < -0.39 is 0 Å². The first kappa shape index (κ1) is 19.5. The summed E-state index contributed by atoms with van der Waals surface area (Å²) >= 11 is 0. The van der Waals surface area contributed by atoms with Gasteiger partial charge in [0, 0.05) is 31.6 Å². The van der Waals surface area contributed by atoms with E-state index in [0.717, 1.165) is 21.7 Å². The second-order valence-electron chi connectivity index (χ2n) is 7.03. The molecule has 0 atom stereocenters. The number of nitrogens with zero attached hydrogens (tertiary/aromatic N) is 5. The fourth-order valence-corrected chi connectivity index (χ4v) is 3.17. The van der Waals surface area contributed by atoms with Crippen molar-refractivity contribution in [1.82, 2.24) is 25.1 Å². The van der Waals surface area contributed by atoms with Gasteiger partial charge < -0.3 is 9.42 Å². The highest BCUT2D eigenvalue weighted by Gasteiger charge is 2.14. The first-order valence-electron chi connectivity index (χ1n) is 9.69. The van der Waals surface area contributed by atoms with Crippen LogP contribution in [0.5, 0.6) is 0 Å². The Kier molecular flexibility index (Phi) is 5.65. The molecule has 2 aromatic carbocycles. The highest BCUT2D eigenvalue weighted by Crippen LogP contribution is 2.19. The summed E-state index contributed by atoms with van der Waals surface area (Å²) in [6, 6.07) is 18.7. The molecule has 0 radical (unpaired) electrons. The lowest BCUT2D eigenvalue weighted by Gasteiger charge is -2.16. The van der Waals surface area contributed by atoms with Crippen molar-refractivity contribution in [3.8, 4) is 11.3 Å². The Bertz CT molecular complexity index is 1220. The molecule has 0 saturated carbocycles. The van der Waals surface area contributed by atoms with E-state index in [1.165, 1.54) is 0 Å². The average molecular weight is 403 g/mol. The summed E-state index contributed by atoms with van der Waals surface area (Å²) in [6.07, 6.45) is 1.37. The van der Waals surface area contributed by atoms with E-state index in [1.807, 2.05) is 36.4 Å². The van der Waals surface area contributed by atoms with E-state index in [1.54, 1.807) is 36.2 Å². The molecule has 0 bridgehead atoms. The number of aryl methyl sites for hydroxylation is 1. The van der Waals surface area contributed by atoms with Crippen molar-refractivity contribution in [3.05, 3.63) is 76.8 Å². The second-order valence-corrected chi connectivity index (χ2v) is 7.03. The Hall–Kier alpha value is -3.81. The predicted molar refractivity (Wildman–Crippen MR) is 112 cm³/mol. The Morgan fingerprint density at radius 3 is 2.70 bits per heavy atom. The van der Waals surface area contributed by atoms with Crippen LogP contribution in [-0.4, -0.2) is 44.6 Å².